The van der Waals surface area contributed by atoms with Crippen LogP contribution in [0.15, 0.2) is 45.3 Å². The summed E-state index contributed by atoms with van der Waals surface area (Å²) in [6.45, 7) is 1.98. The van der Waals surface area contributed by atoms with Gasteiger partial charge in [0.05, 0.1) is 4.83 Å². The van der Waals surface area contributed by atoms with Crippen molar-refractivity contribution in [2.24, 2.45) is 0 Å². The van der Waals surface area contributed by atoms with Gasteiger partial charge in [0.15, 0.2) is 0 Å². The molecule has 0 aromatic heterocycles. The molecule has 1 unspecified atom stereocenters. The Labute approximate surface area is 131 Å². The minimum absolute atomic E-state index is 0.0416. The predicted octanol–water partition coefficient (Wildman–Crippen LogP) is 6.14. The van der Waals surface area contributed by atoms with Gasteiger partial charge in [-0.05, 0) is 53.9 Å². The Bertz CT molecular complexity index is 530. The fourth-order valence-corrected chi connectivity index (χ4v) is 3.79. The van der Waals surface area contributed by atoms with Crippen LogP contribution in [0.3, 0.4) is 0 Å². The van der Waals surface area contributed by atoms with E-state index in [2.05, 4.69) is 47.8 Å². The third-order valence-corrected chi connectivity index (χ3v) is 4.95. The summed E-state index contributed by atoms with van der Waals surface area (Å²) in [5.41, 5.74) is 3.07. The van der Waals surface area contributed by atoms with Crippen LogP contribution in [-0.2, 0) is 0 Å². The van der Waals surface area contributed by atoms with Crippen molar-refractivity contribution in [3.63, 3.8) is 0 Å². The molecule has 2 rings (SSSR count). The first-order valence-corrected chi connectivity index (χ1v) is 7.84. The van der Waals surface area contributed by atoms with Gasteiger partial charge in [0.25, 0.3) is 0 Å². The molecule has 94 valence electrons. The average Bonchev–Trinajstić information content (AvgIpc) is 2.34. The smallest absolute Gasteiger partial charge is 0.123 e. The fraction of sp³-hybridized carbons (Fsp3) is 0.143. The third kappa shape index (κ3) is 3.03. The number of hydrogen-bond acceptors (Lipinski definition) is 0. The molecule has 0 nitrogen and oxygen atoms in total. The molecule has 18 heavy (non-hydrogen) atoms. The Morgan fingerprint density at radius 3 is 2.44 bits per heavy atom. The highest BCUT2D eigenvalue weighted by atomic mass is 79.9. The molecule has 0 spiro atoms. The molecule has 0 amide bonds. The van der Waals surface area contributed by atoms with Crippen LogP contribution in [0.5, 0.6) is 0 Å². The summed E-state index contributed by atoms with van der Waals surface area (Å²) < 4.78 is 15.4. The molecule has 0 bridgehead atoms. The number of alkyl halides is 1. The van der Waals surface area contributed by atoms with Gasteiger partial charge in [-0.1, -0.05) is 53.9 Å². The molecule has 0 saturated heterocycles. The predicted molar refractivity (Wildman–Crippen MR) is 83.7 cm³/mol. The standard InChI is InChI=1S/C14H10Br3F/c1-8-2-4-10(18)7-11(8)14(17)12-6-9(15)3-5-13(12)16/h2-7,14H,1H3. The van der Waals surface area contributed by atoms with E-state index in [-0.39, 0.29) is 10.6 Å². The number of halogens is 4. The Morgan fingerprint density at radius 1 is 1.00 bits per heavy atom. The second kappa shape index (κ2) is 5.85. The molecule has 0 radical (unpaired) electrons. The molecule has 0 aliphatic rings. The van der Waals surface area contributed by atoms with Crippen molar-refractivity contribution in [2.75, 3.05) is 0 Å². The van der Waals surface area contributed by atoms with Crippen LogP contribution in [0.1, 0.15) is 21.5 Å². The molecule has 0 aliphatic carbocycles. The minimum atomic E-state index is -0.217. The minimum Gasteiger partial charge on any atom is -0.207 e. The van der Waals surface area contributed by atoms with Gasteiger partial charge in [-0.25, -0.2) is 4.39 Å². The highest BCUT2D eigenvalue weighted by molar-refractivity contribution is 9.11. The van der Waals surface area contributed by atoms with E-state index in [4.69, 9.17) is 0 Å². The van der Waals surface area contributed by atoms with Gasteiger partial charge in [0.2, 0.25) is 0 Å². The first kappa shape index (κ1) is 14.2. The van der Waals surface area contributed by atoms with Crippen LogP contribution in [0.4, 0.5) is 4.39 Å². The highest BCUT2D eigenvalue weighted by Gasteiger charge is 2.16. The number of benzene rings is 2. The average molecular weight is 437 g/mol. The second-order valence-electron chi connectivity index (χ2n) is 4.03. The van der Waals surface area contributed by atoms with E-state index in [0.717, 1.165) is 25.6 Å². The quantitative estimate of drug-likeness (QED) is 0.496. The lowest BCUT2D eigenvalue weighted by Crippen LogP contribution is -1.98. The van der Waals surface area contributed by atoms with E-state index >= 15 is 0 Å². The molecular weight excluding hydrogens is 427 g/mol. The molecule has 4 heteroatoms. The normalized spacial score (nSPS) is 12.5. The Balaban J connectivity index is 2.50. The molecule has 0 saturated carbocycles. The largest absolute Gasteiger partial charge is 0.207 e. The second-order valence-corrected chi connectivity index (χ2v) is 6.71. The van der Waals surface area contributed by atoms with E-state index in [9.17, 15) is 4.39 Å². The zero-order valence-electron chi connectivity index (χ0n) is 9.55. The lowest BCUT2D eigenvalue weighted by atomic mass is 10.0. The number of aryl methyl sites for hydroxylation is 1. The topological polar surface area (TPSA) is 0 Å². The lowest BCUT2D eigenvalue weighted by molar-refractivity contribution is 0.625. The zero-order chi connectivity index (χ0) is 13.3. The van der Waals surface area contributed by atoms with Crippen molar-refractivity contribution in [3.8, 4) is 0 Å². The van der Waals surface area contributed by atoms with Crippen molar-refractivity contribution in [3.05, 3.63) is 67.9 Å². The number of rotatable bonds is 2. The summed E-state index contributed by atoms with van der Waals surface area (Å²) in [5.74, 6) is -0.217. The molecule has 2 aromatic rings. The maximum absolute atomic E-state index is 13.4. The van der Waals surface area contributed by atoms with Crippen molar-refractivity contribution in [1.29, 1.82) is 0 Å². The van der Waals surface area contributed by atoms with Gasteiger partial charge in [-0.3, -0.25) is 0 Å². The molecule has 0 aliphatic heterocycles. The summed E-state index contributed by atoms with van der Waals surface area (Å²) in [7, 11) is 0. The van der Waals surface area contributed by atoms with Crippen LogP contribution < -0.4 is 0 Å². The summed E-state index contributed by atoms with van der Waals surface area (Å²) in [5, 5.41) is 0. The summed E-state index contributed by atoms with van der Waals surface area (Å²) >= 11 is 10.6. The Kier molecular flexibility index (Phi) is 4.62. The van der Waals surface area contributed by atoms with E-state index in [1.54, 1.807) is 12.1 Å². The van der Waals surface area contributed by atoms with Gasteiger partial charge in [0.1, 0.15) is 5.82 Å². The maximum atomic E-state index is 13.4. The molecule has 1 atom stereocenters. The van der Waals surface area contributed by atoms with Crippen molar-refractivity contribution < 1.29 is 4.39 Å². The number of hydrogen-bond donors (Lipinski definition) is 0. The van der Waals surface area contributed by atoms with Gasteiger partial charge in [-0.2, -0.15) is 0 Å². The Hall–Kier alpha value is -0.190. The van der Waals surface area contributed by atoms with Crippen LogP contribution in [0, 0.1) is 12.7 Å². The van der Waals surface area contributed by atoms with Gasteiger partial charge in [0, 0.05) is 8.95 Å². The van der Waals surface area contributed by atoms with E-state index < -0.39 is 0 Å². The fourth-order valence-electron chi connectivity index (χ4n) is 1.76. The highest BCUT2D eigenvalue weighted by Crippen LogP contribution is 2.38. The van der Waals surface area contributed by atoms with Crippen LogP contribution in [-0.4, -0.2) is 0 Å². The first-order valence-electron chi connectivity index (χ1n) is 5.34. The van der Waals surface area contributed by atoms with Gasteiger partial charge >= 0.3 is 0 Å². The van der Waals surface area contributed by atoms with Gasteiger partial charge < -0.3 is 0 Å². The SMILES string of the molecule is Cc1ccc(F)cc1C(Br)c1cc(Br)ccc1Br. The van der Waals surface area contributed by atoms with Crippen molar-refractivity contribution >= 4 is 47.8 Å². The lowest BCUT2D eigenvalue weighted by Gasteiger charge is -2.15. The Morgan fingerprint density at radius 2 is 1.72 bits per heavy atom. The third-order valence-electron chi connectivity index (χ3n) is 2.75. The monoisotopic (exact) mass is 434 g/mol. The zero-order valence-corrected chi connectivity index (χ0v) is 14.3. The van der Waals surface area contributed by atoms with Crippen LogP contribution in [0.25, 0.3) is 0 Å². The maximum Gasteiger partial charge on any atom is 0.123 e. The molecule has 0 fully saturated rings. The first-order chi connectivity index (χ1) is 8.49. The molecule has 2 aromatic carbocycles. The summed E-state index contributed by atoms with van der Waals surface area (Å²) in [6.07, 6.45) is 0. The van der Waals surface area contributed by atoms with Crippen molar-refractivity contribution in [1.82, 2.24) is 0 Å². The van der Waals surface area contributed by atoms with E-state index in [1.807, 2.05) is 25.1 Å². The van der Waals surface area contributed by atoms with Gasteiger partial charge in [-0.15, -0.1) is 0 Å². The summed E-state index contributed by atoms with van der Waals surface area (Å²) in [4.78, 5) is -0.0416. The summed E-state index contributed by atoms with van der Waals surface area (Å²) in [6, 6.07) is 10.8. The molecular formula is C14H10Br3F. The van der Waals surface area contributed by atoms with E-state index in [1.165, 1.54) is 6.07 Å². The van der Waals surface area contributed by atoms with E-state index in [0.29, 0.717) is 0 Å². The van der Waals surface area contributed by atoms with Crippen LogP contribution in [0.2, 0.25) is 0 Å². The molecule has 0 N–H and O–H groups in total. The van der Waals surface area contributed by atoms with Crippen LogP contribution >= 0.6 is 47.8 Å². The molecule has 0 heterocycles. The van der Waals surface area contributed by atoms with Crippen molar-refractivity contribution in [2.45, 2.75) is 11.8 Å².